The molecule has 0 aliphatic heterocycles. The summed E-state index contributed by atoms with van der Waals surface area (Å²) in [6, 6.07) is 4.96. The zero-order valence-corrected chi connectivity index (χ0v) is 14.5. The number of carboxylic acids is 1. The Balaban J connectivity index is 2.54. The fourth-order valence-corrected chi connectivity index (χ4v) is 2.32. The van der Waals surface area contributed by atoms with E-state index < -0.39 is 5.97 Å². The van der Waals surface area contributed by atoms with Gasteiger partial charge in [0.25, 0.3) is 0 Å². The van der Waals surface area contributed by atoms with Gasteiger partial charge in [-0.05, 0) is 25.0 Å². The van der Waals surface area contributed by atoms with Crippen LogP contribution in [0.4, 0.5) is 0 Å². The number of carbonyl (C=O) groups is 1. The van der Waals surface area contributed by atoms with Crippen LogP contribution in [-0.2, 0) is 0 Å². The van der Waals surface area contributed by atoms with Gasteiger partial charge >= 0.3 is 5.97 Å². The standard InChI is InChI=1S/C19H30O4/c1-3-5-7-9-13-22-16-11-12-17(19(20)21)18(15-16)23-14-10-8-6-4-2/h11-12,15H,3-10,13-14H2,1-2H3,(H,20,21). The molecule has 0 atom stereocenters. The summed E-state index contributed by atoms with van der Waals surface area (Å²) in [5.74, 6) is 0.109. The van der Waals surface area contributed by atoms with Crippen LogP contribution in [-0.4, -0.2) is 24.3 Å². The average Bonchev–Trinajstić information content (AvgIpc) is 2.54. The lowest BCUT2D eigenvalue weighted by molar-refractivity contribution is 0.0692. The Morgan fingerprint density at radius 1 is 0.913 bits per heavy atom. The number of carboxylic acid groups (broad SMARTS) is 1. The Morgan fingerprint density at radius 2 is 1.52 bits per heavy atom. The van der Waals surface area contributed by atoms with Crippen molar-refractivity contribution in [1.29, 1.82) is 0 Å². The van der Waals surface area contributed by atoms with Crippen LogP contribution in [0.5, 0.6) is 11.5 Å². The summed E-state index contributed by atoms with van der Waals surface area (Å²) in [5, 5.41) is 9.25. The number of rotatable bonds is 13. The van der Waals surface area contributed by atoms with Gasteiger partial charge in [0.15, 0.2) is 0 Å². The van der Waals surface area contributed by atoms with Crippen LogP contribution in [0.2, 0.25) is 0 Å². The highest BCUT2D eigenvalue weighted by molar-refractivity contribution is 5.91. The summed E-state index contributed by atoms with van der Waals surface area (Å²) in [6.07, 6.45) is 8.97. The van der Waals surface area contributed by atoms with E-state index in [1.54, 1.807) is 18.2 Å². The van der Waals surface area contributed by atoms with Gasteiger partial charge in [-0.25, -0.2) is 4.79 Å². The summed E-state index contributed by atoms with van der Waals surface area (Å²) in [7, 11) is 0. The molecule has 0 aromatic heterocycles. The van der Waals surface area contributed by atoms with Crippen molar-refractivity contribution >= 4 is 5.97 Å². The topological polar surface area (TPSA) is 55.8 Å². The first-order valence-corrected chi connectivity index (χ1v) is 8.82. The van der Waals surface area contributed by atoms with Gasteiger partial charge in [0.2, 0.25) is 0 Å². The molecule has 1 N–H and O–H groups in total. The Bertz CT molecular complexity index is 457. The molecule has 0 unspecified atom stereocenters. The average molecular weight is 322 g/mol. The monoisotopic (exact) mass is 322 g/mol. The van der Waals surface area contributed by atoms with Crippen molar-refractivity contribution in [3.05, 3.63) is 23.8 Å². The minimum absolute atomic E-state index is 0.193. The van der Waals surface area contributed by atoms with Crippen molar-refractivity contribution in [2.24, 2.45) is 0 Å². The van der Waals surface area contributed by atoms with Crippen LogP contribution in [0, 0.1) is 0 Å². The smallest absolute Gasteiger partial charge is 0.339 e. The SMILES string of the molecule is CCCCCCOc1ccc(C(=O)O)c(OCCCCCC)c1. The van der Waals surface area contributed by atoms with Gasteiger partial charge in [0.05, 0.1) is 13.2 Å². The van der Waals surface area contributed by atoms with E-state index in [1.807, 2.05) is 0 Å². The zero-order chi connectivity index (χ0) is 16.9. The van der Waals surface area contributed by atoms with E-state index in [9.17, 15) is 9.90 Å². The van der Waals surface area contributed by atoms with Gasteiger partial charge in [-0.1, -0.05) is 52.4 Å². The van der Waals surface area contributed by atoms with Crippen LogP contribution in [0.1, 0.15) is 75.6 Å². The van der Waals surface area contributed by atoms with Gasteiger partial charge in [-0.3, -0.25) is 0 Å². The van der Waals surface area contributed by atoms with Crippen LogP contribution < -0.4 is 9.47 Å². The number of hydrogen-bond donors (Lipinski definition) is 1. The molecule has 23 heavy (non-hydrogen) atoms. The summed E-state index contributed by atoms with van der Waals surface area (Å²) in [4.78, 5) is 11.3. The summed E-state index contributed by atoms with van der Waals surface area (Å²) < 4.78 is 11.4. The lowest BCUT2D eigenvalue weighted by atomic mass is 10.2. The molecule has 4 nitrogen and oxygen atoms in total. The molecular weight excluding hydrogens is 292 g/mol. The largest absolute Gasteiger partial charge is 0.493 e. The van der Waals surface area contributed by atoms with Gasteiger partial charge in [0, 0.05) is 6.07 Å². The third-order valence-corrected chi connectivity index (χ3v) is 3.71. The second kappa shape index (κ2) is 11.8. The summed E-state index contributed by atoms with van der Waals surface area (Å²) >= 11 is 0. The van der Waals surface area contributed by atoms with Crippen LogP contribution in [0.25, 0.3) is 0 Å². The Labute approximate surface area is 139 Å². The fraction of sp³-hybridized carbons (Fsp3) is 0.632. The first-order chi connectivity index (χ1) is 11.2. The molecule has 0 spiro atoms. The predicted molar refractivity (Wildman–Crippen MR) is 92.7 cm³/mol. The van der Waals surface area contributed by atoms with Crippen molar-refractivity contribution in [1.82, 2.24) is 0 Å². The maximum absolute atomic E-state index is 11.3. The van der Waals surface area contributed by atoms with E-state index in [-0.39, 0.29) is 5.56 Å². The molecule has 0 heterocycles. The van der Waals surface area contributed by atoms with Gasteiger partial charge in [0.1, 0.15) is 17.1 Å². The number of benzene rings is 1. The summed E-state index contributed by atoms with van der Waals surface area (Å²) in [5.41, 5.74) is 0.193. The third-order valence-electron chi connectivity index (χ3n) is 3.71. The van der Waals surface area contributed by atoms with E-state index >= 15 is 0 Å². The zero-order valence-electron chi connectivity index (χ0n) is 14.5. The molecule has 0 saturated carbocycles. The molecule has 0 bridgehead atoms. The highest BCUT2D eigenvalue weighted by Crippen LogP contribution is 2.25. The molecular formula is C19H30O4. The second-order valence-corrected chi connectivity index (χ2v) is 5.78. The summed E-state index contributed by atoms with van der Waals surface area (Å²) in [6.45, 7) is 5.53. The third kappa shape index (κ3) is 7.91. The first kappa shape index (κ1) is 19.3. The van der Waals surface area contributed by atoms with E-state index in [1.165, 1.54) is 25.7 Å². The van der Waals surface area contributed by atoms with Gasteiger partial charge in [-0.2, -0.15) is 0 Å². The Kier molecular flexibility index (Phi) is 9.92. The molecule has 0 radical (unpaired) electrons. The fourth-order valence-electron chi connectivity index (χ4n) is 2.32. The minimum Gasteiger partial charge on any atom is -0.493 e. The number of aromatic carboxylic acids is 1. The van der Waals surface area contributed by atoms with Crippen LogP contribution in [0.3, 0.4) is 0 Å². The molecule has 0 amide bonds. The molecule has 0 aliphatic rings. The highest BCUT2D eigenvalue weighted by Gasteiger charge is 2.12. The Hall–Kier alpha value is -1.71. The van der Waals surface area contributed by atoms with Crippen LogP contribution in [0.15, 0.2) is 18.2 Å². The number of ether oxygens (including phenoxy) is 2. The predicted octanol–water partition coefficient (Wildman–Crippen LogP) is 5.30. The minimum atomic E-state index is -0.969. The van der Waals surface area contributed by atoms with Crippen LogP contribution >= 0.6 is 0 Å². The van der Waals surface area contributed by atoms with E-state index in [4.69, 9.17) is 9.47 Å². The van der Waals surface area contributed by atoms with Crippen molar-refractivity contribution in [3.63, 3.8) is 0 Å². The lowest BCUT2D eigenvalue weighted by Gasteiger charge is -2.12. The maximum Gasteiger partial charge on any atom is 0.339 e. The van der Waals surface area contributed by atoms with Crippen molar-refractivity contribution in [2.75, 3.05) is 13.2 Å². The number of unbranched alkanes of at least 4 members (excludes halogenated alkanes) is 6. The molecule has 1 aromatic rings. The molecule has 1 aromatic carbocycles. The first-order valence-electron chi connectivity index (χ1n) is 8.82. The van der Waals surface area contributed by atoms with Gasteiger partial charge in [-0.15, -0.1) is 0 Å². The van der Waals surface area contributed by atoms with Crippen molar-refractivity contribution in [2.45, 2.75) is 65.2 Å². The second-order valence-electron chi connectivity index (χ2n) is 5.78. The van der Waals surface area contributed by atoms with Gasteiger partial charge < -0.3 is 14.6 Å². The molecule has 0 saturated heterocycles. The maximum atomic E-state index is 11.3. The normalized spacial score (nSPS) is 10.5. The van der Waals surface area contributed by atoms with E-state index in [2.05, 4.69) is 13.8 Å². The van der Waals surface area contributed by atoms with Crippen molar-refractivity contribution < 1.29 is 19.4 Å². The quantitative estimate of drug-likeness (QED) is 0.500. The Morgan fingerprint density at radius 3 is 2.09 bits per heavy atom. The van der Waals surface area contributed by atoms with E-state index in [0.29, 0.717) is 24.7 Å². The lowest BCUT2D eigenvalue weighted by Crippen LogP contribution is -2.05. The molecule has 4 heteroatoms. The molecule has 1 rings (SSSR count). The molecule has 0 fully saturated rings. The van der Waals surface area contributed by atoms with Crippen molar-refractivity contribution in [3.8, 4) is 11.5 Å². The highest BCUT2D eigenvalue weighted by atomic mass is 16.5. The number of hydrogen-bond acceptors (Lipinski definition) is 3. The molecule has 0 aliphatic carbocycles. The molecule has 130 valence electrons. The van der Waals surface area contributed by atoms with E-state index in [0.717, 1.165) is 25.7 Å².